The molecule has 3 rings (SSSR count). The van der Waals surface area contributed by atoms with Crippen LogP contribution < -0.4 is 4.90 Å². The molecule has 1 aliphatic heterocycles. The highest BCUT2D eigenvalue weighted by atomic mass is 15.3. The predicted molar refractivity (Wildman–Crippen MR) is 94.5 cm³/mol. The molecule has 1 atom stereocenters. The summed E-state index contributed by atoms with van der Waals surface area (Å²) in [5.41, 5.74) is 2.51. The van der Waals surface area contributed by atoms with Crippen molar-refractivity contribution in [3.63, 3.8) is 0 Å². The van der Waals surface area contributed by atoms with E-state index < -0.39 is 0 Å². The van der Waals surface area contributed by atoms with Gasteiger partial charge < -0.3 is 4.90 Å². The second kappa shape index (κ2) is 7.55. The van der Waals surface area contributed by atoms with Crippen LogP contribution in [0, 0.1) is 6.92 Å². The summed E-state index contributed by atoms with van der Waals surface area (Å²) in [6.45, 7) is 8.41. The lowest BCUT2D eigenvalue weighted by atomic mass is 10.1. The molecule has 4 nitrogen and oxygen atoms in total. The van der Waals surface area contributed by atoms with E-state index in [4.69, 9.17) is 0 Å². The van der Waals surface area contributed by atoms with Crippen LogP contribution in [-0.4, -0.2) is 40.5 Å². The van der Waals surface area contributed by atoms with Gasteiger partial charge in [0.15, 0.2) is 0 Å². The molecule has 0 saturated carbocycles. The van der Waals surface area contributed by atoms with Gasteiger partial charge in [-0.25, -0.2) is 9.97 Å². The molecule has 0 radical (unpaired) electrons. The SMILES string of the molecule is CCCC1CN(c2ncc(C)cn2)CCN1Cc1ccccc1. The van der Waals surface area contributed by atoms with Crippen molar-refractivity contribution in [1.82, 2.24) is 14.9 Å². The van der Waals surface area contributed by atoms with Crippen LogP contribution in [0.4, 0.5) is 5.95 Å². The van der Waals surface area contributed by atoms with Crippen LogP contribution >= 0.6 is 0 Å². The number of piperazine rings is 1. The third kappa shape index (κ3) is 4.08. The number of hydrogen-bond acceptors (Lipinski definition) is 4. The third-order valence-corrected chi connectivity index (χ3v) is 4.51. The monoisotopic (exact) mass is 310 g/mol. The second-order valence-corrected chi connectivity index (χ2v) is 6.41. The first kappa shape index (κ1) is 15.9. The Bertz CT molecular complexity index is 597. The molecular weight excluding hydrogens is 284 g/mol. The summed E-state index contributed by atoms with van der Waals surface area (Å²) < 4.78 is 0. The zero-order valence-electron chi connectivity index (χ0n) is 14.2. The van der Waals surface area contributed by atoms with E-state index >= 15 is 0 Å². The molecule has 0 aliphatic carbocycles. The van der Waals surface area contributed by atoms with Gasteiger partial charge in [0.25, 0.3) is 0 Å². The van der Waals surface area contributed by atoms with E-state index in [0.717, 1.165) is 37.7 Å². The van der Waals surface area contributed by atoms with E-state index in [-0.39, 0.29) is 0 Å². The van der Waals surface area contributed by atoms with E-state index in [9.17, 15) is 0 Å². The molecule has 1 saturated heterocycles. The fourth-order valence-electron chi connectivity index (χ4n) is 3.26. The Balaban J connectivity index is 1.69. The van der Waals surface area contributed by atoms with Crippen molar-refractivity contribution in [1.29, 1.82) is 0 Å². The van der Waals surface area contributed by atoms with Crippen LogP contribution in [0.1, 0.15) is 30.9 Å². The first-order chi connectivity index (χ1) is 11.3. The number of aromatic nitrogens is 2. The first-order valence-electron chi connectivity index (χ1n) is 8.58. The zero-order chi connectivity index (χ0) is 16.1. The fourth-order valence-corrected chi connectivity index (χ4v) is 3.26. The van der Waals surface area contributed by atoms with Crippen molar-refractivity contribution >= 4 is 5.95 Å². The van der Waals surface area contributed by atoms with Crippen LogP contribution in [0.25, 0.3) is 0 Å². The second-order valence-electron chi connectivity index (χ2n) is 6.41. The summed E-state index contributed by atoms with van der Waals surface area (Å²) in [4.78, 5) is 14.0. The lowest BCUT2D eigenvalue weighted by Crippen LogP contribution is -2.53. The molecule has 23 heavy (non-hydrogen) atoms. The Hall–Kier alpha value is -1.94. The maximum atomic E-state index is 4.50. The standard InChI is InChI=1S/C19H26N4/c1-3-7-18-15-23(19-20-12-16(2)13-21-19)11-10-22(18)14-17-8-5-4-6-9-17/h4-6,8-9,12-13,18H,3,7,10-11,14-15H2,1-2H3. The van der Waals surface area contributed by atoms with E-state index in [1.807, 2.05) is 19.3 Å². The quantitative estimate of drug-likeness (QED) is 0.848. The largest absolute Gasteiger partial charge is 0.338 e. The molecule has 1 aromatic heterocycles. The van der Waals surface area contributed by atoms with Gasteiger partial charge in [0.05, 0.1) is 0 Å². The number of aryl methyl sites for hydroxylation is 1. The summed E-state index contributed by atoms with van der Waals surface area (Å²) in [7, 11) is 0. The maximum absolute atomic E-state index is 4.50. The predicted octanol–water partition coefficient (Wildman–Crippen LogP) is 3.28. The highest BCUT2D eigenvalue weighted by Crippen LogP contribution is 2.20. The average molecular weight is 310 g/mol. The minimum absolute atomic E-state index is 0.568. The maximum Gasteiger partial charge on any atom is 0.225 e. The zero-order valence-corrected chi connectivity index (χ0v) is 14.2. The van der Waals surface area contributed by atoms with Gasteiger partial charge >= 0.3 is 0 Å². The molecule has 122 valence electrons. The molecule has 4 heteroatoms. The summed E-state index contributed by atoms with van der Waals surface area (Å²) in [5, 5.41) is 0. The summed E-state index contributed by atoms with van der Waals surface area (Å²) in [5.74, 6) is 0.871. The van der Waals surface area contributed by atoms with E-state index in [1.165, 1.54) is 18.4 Å². The highest BCUT2D eigenvalue weighted by Gasteiger charge is 2.27. The van der Waals surface area contributed by atoms with Crippen LogP contribution in [-0.2, 0) is 6.54 Å². The lowest BCUT2D eigenvalue weighted by molar-refractivity contribution is 0.158. The minimum atomic E-state index is 0.568. The Kier molecular flexibility index (Phi) is 5.23. The first-order valence-corrected chi connectivity index (χ1v) is 8.58. The normalized spacial score (nSPS) is 19.0. The smallest absolute Gasteiger partial charge is 0.225 e. The number of benzene rings is 1. The van der Waals surface area contributed by atoms with Gasteiger partial charge in [0.2, 0.25) is 5.95 Å². The van der Waals surface area contributed by atoms with Crippen LogP contribution in [0.2, 0.25) is 0 Å². The average Bonchev–Trinajstić information content (AvgIpc) is 2.58. The Labute approximate surface area is 139 Å². The molecule has 1 unspecified atom stereocenters. The van der Waals surface area contributed by atoms with Crippen LogP contribution in [0.15, 0.2) is 42.7 Å². The third-order valence-electron chi connectivity index (χ3n) is 4.51. The molecule has 1 aromatic carbocycles. The molecule has 2 heterocycles. The van der Waals surface area contributed by atoms with Crippen molar-refractivity contribution in [3.05, 3.63) is 53.9 Å². The van der Waals surface area contributed by atoms with Gasteiger partial charge in [-0.3, -0.25) is 4.90 Å². The minimum Gasteiger partial charge on any atom is -0.338 e. The van der Waals surface area contributed by atoms with Crippen molar-refractivity contribution in [2.45, 2.75) is 39.3 Å². The van der Waals surface area contributed by atoms with E-state index in [2.05, 4.69) is 57.0 Å². The topological polar surface area (TPSA) is 32.3 Å². The van der Waals surface area contributed by atoms with Crippen molar-refractivity contribution in [2.75, 3.05) is 24.5 Å². The molecule has 0 N–H and O–H groups in total. The molecule has 2 aromatic rings. The number of anilines is 1. The van der Waals surface area contributed by atoms with Crippen LogP contribution in [0.5, 0.6) is 0 Å². The molecule has 0 bridgehead atoms. The number of nitrogens with zero attached hydrogens (tertiary/aromatic N) is 4. The lowest BCUT2D eigenvalue weighted by Gasteiger charge is -2.41. The number of rotatable bonds is 5. The van der Waals surface area contributed by atoms with E-state index in [1.54, 1.807) is 0 Å². The van der Waals surface area contributed by atoms with Gasteiger partial charge in [-0.05, 0) is 24.5 Å². The van der Waals surface area contributed by atoms with Gasteiger partial charge in [-0.1, -0.05) is 43.7 Å². The molecule has 0 spiro atoms. The molecular formula is C19H26N4. The van der Waals surface area contributed by atoms with E-state index in [0.29, 0.717) is 6.04 Å². The Morgan fingerprint density at radius 2 is 1.83 bits per heavy atom. The summed E-state index contributed by atoms with van der Waals surface area (Å²) >= 11 is 0. The van der Waals surface area contributed by atoms with Gasteiger partial charge in [0.1, 0.15) is 0 Å². The Morgan fingerprint density at radius 3 is 2.52 bits per heavy atom. The fraction of sp³-hybridized carbons (Fsp3) is 0.474. The Morgan fingerprint density at radius 1 is 1.09 bits per heavy atom. The van der Waals surface area contributed by atoms with Crippen molar-refractivity contribution in [2.24, 2.45) is 0 Å². The summed E-state index contributed by atoms with van der Waals surface area (Å²) in [6, 6.07) is 11.3. The van der Waals surface area contributed by atoms with Crippen molar-refractivity contribution in [3.8, 4) is 0 Å². The van der Waals surface area contributed by atoms with Gasteiger partial charge in [0, 0.05) is 44.6 Å². The van der Waals surface area contributed by atoms with Gasteiger partial charge in [-0.15, -0.1) is 0 Å². The molecule has 0 amide bonds. The van der Waals surface area contributed by atoms with Crippen molar-refractivity contribution < 1.29 is 0 Å². The van der Waals surface area contributed by atoms with Gasteiger partial charge in [-0.2, -0.15) is 0 Å². The molecule has 1 fully saturated rings. The highest BCUT2D eigenvalue weighted by molar-refractivity contribution is 5.31. The van der Waals surface area contributed by atoms with Crippen LogP contribution in [0.3, 0.4) is 0 Å². The summed E-state index contributed by atoms with van der Waals surface area (Å²) in [6.07, 6.45) is 6.24. The molecule has 1 aliphatic rings. The number of hydrogen-bond donors (Lipinski definition) is 0.